The van der Waals surface area contributed by atoms with Crippen LogP contribution in [0.1, 0.15) is 11.4 Å². The number of benzene rings is 1. The predicted molar refractivity (Wildman–Crippen MR) is 140 cm³/mol. The average molecular weight is 488 g/mol. The highest BCUT2D eigenvalue weighted by atomic mass is 19.1. The summed E-state index contributed by atoms with van der Waals surface area (Å²) in [6.45, 7) is 6.51. The molecule has 9 nitrogen and oxygen atoms in total. The Hall–Kier alpha value is -3.92. The summed E-state index contributed by atoms with van der Waals surface area (Å²) < 4.78 is 16.1. The van der Waals surface area contributed by atoms with Crippen molar-refractivity contribution < 1.29 is 4.39 Å². The first-order chi connectivity index (χ1) is 17.4. The fourth-order valence-electron chi connectivity index (χ4n) is 4.32. The van der Waals surface area contributed by atoms with Gasteiger partial charge in [-0.2, -0.15) is 0 Å². The summed E-state index contributed by atoms with van der Waals surface area (Å²) in [5.74, 6) is 1.21. The second-order valence-electron chi connectivity index (χ2n) is 9.34. The summed E-state index contributed by atoms with van der Waals surface area (Å²) in [4.78, 5) is 29.2. The van der Waals surface area contributed by atoms with Gasteiger partial charge in [0.15, 0.2) is 17.0 Å². The molecule has 1 aliphatic heterocycles. The molecule has 3 aromatic heterocycles. The quantitative estimate of drug-likeness (QED) is 0.305. The van der Waals surface area contributed by atoms with Crippen molar-refractivity contribution in [3.05, 3.63) is 59.9 Å². The third-order valence-corrected chi connectivity index (χ3v) is 6.21. The Balaban J connectivity index is 1.56. The van der Waals surface area contributed by atoms with Gasteiger partial charge < -0.3 is 19.3 Å². The van der Waals surface area contributed by atoms with E-state index >= 15 is 0 Å². The fraction of sp³-hybridized carbons (Fsp3) is 0.346. The van der Waals surface area contributed by atoms with Crippen LogP contribution in [-0.2, 0) is 6.54 Å². The molecule has 0 spiro atoms. The number of fused-ring (bicyclic) bond motifs is 1. The Morgan fingerprint density at radius 1 is 1.03 bits per heavy atom. The number of aliphatic imine (C=N–C) groups is 1. The van der Waals surface area contributed by atoms with Crippen LogP contribution >= 0.6 is 0 Å². The number of hydrogen-bond donors (Lipinski definition) is 0. The van der Waals surface area contributed by atoms with Gasteiger partial charge in [0.1, 0.15) is 17.5 Å². The van der Waals surface area contributed by atoms with Gasteiger partial charge in [-0.15, -0.1) is 0 Å². The first-order valence-corrected chi connectivity index (χ1v) is 12.0. The summed E-state index contributed by atoms with van der Waals surface area (Å²) in [6.07, 6.45) is 4.48. The number of aryl methyl sites for hydroxylation is 1. The molecule has 0 radical (unpaired) electrons. The molecule has 1 aliphatic rings. The zero-order valence-electron chi connectivity index (χ0n) is 21.1. The summed E-state index contributed by atoms with van der Waals surface area (Å²) in [6, 6.07) is 10.0. The van der Waals surface area contributed by atoms with E-state index in [9.17, 15) is 4.39 Å². The van der Waals surface area contributed by atoms with E-state index in [2.05, 4.69) is 56.1 Å². The van der Waals surface area contributed by atoms with Crippen LogP contribution in [0.15, 0.2) is 47.7 Å². The lowest BCUT2D eigenvalue weighted by atomic mass is 10.1. The van der Waals surface area contributed by atoms with E-state index in [1.165, 1.54) is 18.0 Å². The monoisotopic (exact) mass is 487 g/mol. The van der Waals surface area contributed by atoms with Crippen LogP contribution in [0.5, 0.6) is 0 Å². The number of hydrogen-bond acceptors (Lipinski definition) is 7. The Bertz CT molecular complexity index is 1390. The van der Waals surface area contributed by atoms with E-state index < -0.39 is 5.82 Å². The van der Waals surface area contributed by atoms with Gasteiger partial charge in [-0.3, -0.25) is 4.98 Å². The maximum atomic E-state index is 14.1. The standard InChI is InChI=1S/C26H30FN9/c1-18-30-24(29-17-33(2)3)23-26(31-18)36(25(32-23)20-13-21(27)15-28-14-20)16-19-5-7-22(8-6-19)35-11-9-34(4)10-12-35/h5-8,13-15,17H,9-12,16H2,1-4H3. The molecule has 1 saturated heterocycles. The van der Waals surface area contributed by atoms with Crippen molar-refractivity contribution in [2.45, 2.75) is 13.5 Å². The molecular weight excluding hydrogens is 457 g/mol. The van der Waals surface area contributed by atoms with Crippen molar-refractivity contribution in [2.75, 3.05) is 52.2 Å². The van der Waals surface area contributed by atoms with E-state index in [1.807, 2.05) is 30.5 Å². The second-order valence-corrected chi connectivity index (χ2v) is 9.34. The molecule has 1 aromatic carbocycles. The Kier molecular flexibility index (Phi) is 6.60. The molecule has 4 aromatic rings. The molecule has 36 heavy (non-hydrogen) atoms. The summed E-state index contributed by atoms with van der Waals surface area (Å²) in [5.41, 5.74) is 4.09. The molecule has 186 valence electrons. The van der Waals surface area contributed by atoms with Crippen molar-refractivity contribution in [1.82, 2.24) is 34.3 Å². The average Bonchev–Trinajstić information content (AvgIpc) is 3.21. The van der Waals surface area contributed by atoms with Gasteiger partial charge in [0, 0.05) is 57.7 Å². The molecule has 0 N–H and O–H groups in total. The Morgan fingerprint density at radius 3 is 2.47 bits per heavy atom. The van der Waals surface area contributed by atoms with Crippen molar-refractivity contribution >= 4 is 29.0 Å². The van der Waals surface area contributed by atoms with E-state index in [4.69, 9.17) is 9.97 Å². The molecule has 0 bridgehead atoms. The number of pyridine rings is 1. The van der Waals surface area contributed by atoms with E-state index in [0.29, 0.717) is 40.7 Å². The highest BCUT2D eigenvalue weighted by Crippen LogP contribution is 2.30. The lowest BCUT2D eigenvalue weighted by Gasteiger charge is -2.34. The third kappa shape index (κ3) is 5.03. The van der Waals surface area contributed by atoms with Crippen LogP contribution < -0.4 is 4.90 Å². The number of piperazine rings is 1. The van der Waals surface area contributed by atoms with Gasteiger partial charge in [-0.1, -0.05) is 12.1 Å². The first kappa shape index (κ1) is 23.8. The molecule has 4 heterocycles. The summed E-state index contributed by atoms with van der Waals surface area (Å²) >= 11 is 0. The van der Waals surface area contributed by atoms with Crippen LogP contribution in [0, 0.1) is 12.7 Å². The van der Waals surface area contributed by atoms with E-state index in [1.54, 1.807) is 12.5 Å². The van der Waals surface area contributed by atoms with Gasteiger partial charge >= 0.3 is 0 Å². The van der Waals surface area contributed by atoms with E-state index in [-0.39, 0.29) is 0 Å². The van der Waals surface area contributed by atoms with Gasteiger partial charge in [-0.05, 0) is 37.7 Å². The van der Waals surface area contributed by atoms with Crippen molar-refractivity contribution in [3.63, 3.8) is 0 Å². The molecular formula is C26H30FN9. The first-order valence-electron chi connectivity index (χ1n) is 12.0. The lowest BCUT2D eigenvalue weighted by Crippen LogP contribution is -2.44. The molecule has 0 atom stereocenters. The molecule has 0 unspecified atom stereocenters. The second kappa shape index (κ2) is 9.98. The number of anilines is 1. The number of likely N-dealkylation sites (N-methyl/N-ethyl adjacent to an activating group) is 1. The maximum Gasteiger partial charge on any atom is 0.185 e. The molecule has 1 fully saturated rings. The Morgan fingerprint density at radius 2 is 1.78 bits per heavy atom. The minimum Gasteiger partial charge on any atom is -0.369 e. The van der Waals surface area contributed by atoms with Crippen molar-refractivity contribution in [3.8, 4) is 11.4 Å². The van der Waals surface area contributed by atoms with E-state index in [0.717, 1.165) is 31.7 Å². The number of nitrogens with zero attached hydrogens (tertiary/aromatic N) is 9. The highest BCUT2D eigenvalue weighted by molar-refractivity contribution is 5.86. The van der Waals surface area contributed by atoms with Crippen LogP contribution in [0.2, 0.25) is 0 Å². The number of imidazole rings is 1. The van der Waals surface area contributed by atoms with Gasteiger partial charge in [0.25, 0.3) is 0 Å². The van der Waals surface area contributed by atoms with Gasteiger partial charge in [0.05, 0.1) is 19.1 Å². The Labute approximate surface area is 210 Å². The minimum absolute atomic E-state index is 0.421. The fourth-order valence-corrected chi connectivity index (χ4v) is 4.32. The smallest absolute Gasteiger partial charge is 0.185 e. The topological polar surface area (TPSA) is 78.6 Å². The zero-order chi connectivity index (χ0) is 25.2. The van der Waals surface area contributed by atoms with Crippen LogP contribution in [0.25, 0.3) is 22.6 Å². The molecule has 0 aliphatic carbocycles. The van der Waals surface area contributed by atoms with Crippen LogP contribution in [-0.4, -0.2) is 88.0 Å². The predicted octanol–water partition coefficient (Wildman–Crippen LogP) is 3.36. The minimum atomic E-state index is -0.421. The summed E-state index contributed by atoms with van der Waals surface area (Å²) in [7, 11) is 5.94. The zero-order valence-corrected chi connectivity index (χ0v) is 21.1. The van der Waals surface area contributed by atoms with Gasteiger partial charge in [-0.25, -0.2) is 24.3 Å². The molecule has 5 rings (SSSR count). The molecule has 10 heteroatoms. The van der Waals surface area contributed by atoms with Crippen molar-refractivity contribution in [1.29, 1.82) is 0 Å². The van der Waals surface area contributed by atoms with Crippen LogP contribution in [0.4, 0.5) is 15.9 Å². The van der Waals surface area contributed by atoms with Crippen molar-refractivity contribution in [2.24, 2.45) is 4.99 Å². The highest BCUT2D eigenvalue weighted by Gasteiger charge is 2.20. The maximum absolute atomic E-state index is 14.1. The molecule has 0 saturated carbocycles. The number of aromatic nitrogens is 5. The number of rotatable bonds is 6. The SMILES string of the molecule is Cc1nc(N=CN(C)C)c2nc(-c3cncc(F)c3)n(Cc3ccc(N4CCN(C)CC4)cc3)c2n1. The van der Waals surface area contributed by atoms with Gasteiger partial charge in [0.2, 0.25) is 0 Å². The number of halogens is 1. The summed E-state index contributed by atoms with van der Waals surface area (Å²) in [5, 5.41) is 0. The van der Waals surface area contributed by atoms with Crippen LogP contribution in [0.3, 0.4) is 0 Å². The normalized spacial score (nSPS) is 14.8. The third-order valence-electron chi connectivity index (χ3n) is 6.21. The molecule has 0 amide bonds. The lowest BCUT2D eigenvalue weighted by molar-refractivity contribution is 0.313. The largest absolute Gasteiger partial charge is 0.369 e.